The second kappa shape index (κ2) is 32.2. The van der Waals surface area contributed by atoms with Gasteiger partial charge in [0.25, 0.3) is 0 Å². The molecule has 0 aromatic heterocycles. The fourth-order valence-corrected chi connectivity index (χ4v) is 7.77. The van der Waals surface area contributed by atoms with Gasteiger partial charge in [-0.1, -0.05) is 12.1 Å². The van der Waals surface area contributed by atoms with Gasteiger partial charge in [-0.05, 0) is 85.2 Å². The maximum atomic E-state index is 13.5. The molecule has 1 aliphatic rings. The van der Waals surface area contributed by atoms with Crippen molar-refractivity contribution in [1.82, 2.24) is 40.4 Å². The zero-order chi connectivity index (χ0) is 51.5. The minimum absolute atomic E-state index is 0.0561. The minimum Gasteiger partial charge on any atom is -0.481 e. The Labute approximate surface area is 412 Å². The normalized spacial score (nSPS) is 15.8. The zero-order valence-electron chi connectivity index (χ0n) is 38.3. The Balaban J connectivity index is 1.99. The standard InChI is InChI=1S/C43H65IN8O17/c44-30-9-7-29(8-10-30)25-52(16-4-2-5-31(40(63)64)46-43(69)47-32(41(65)66)11-14-36(55)56)35(54)6-1-3-15-45-34(53)13-12-33(42(67)68)51-23-21-49(27-38(59)60)19-17-48(26-37(57)58)18-20-50(22-24-51)28-39(61)62/h7-10,31-33H,1-6,11-28H2,(H,45,53)(H,55,56)(H,57,58)(H,59,60)(H,61,62)(H,63,64)(H,65,66)(H,67,68)(H2,46,47,69)/t31?,32-,33?/m0/s1. The molecule has 1 saturated heterocycles. The Bertz CT molecular complexity index is 1860. The molecular weight excluding hydrogens is 1030 g/mol. The van der Waals surface area contributed by atoms with Crippen LogP contribution in [0.25, 0.3) is 0 Å². The molecule has 0 radical (unpaired) electrons. The van der Waals surface area contributed by atoms with E-state index in [9.17, 15) is 78.6 Å². The molecule has 10 N–H and O–H groups in total. The van der Waals surface area contributed by atoms with Gasteiger partial charge in [-0.3, -0.25) is 53.2 Å². The fraction of sp³-hybridized carbons (Fsp3) is 0.628. The van der Waals surface area contributed by atoms with Gasteiger partial charge in [0.05, 0.1) is 19.6 Å². The van der Waals surface area contributed by atoms with E-state index < -0.39 is 84.7 Å². The first-order valence-electron chi connectivity index (χ1n) is 22.5. The van der Waals surface area contributed by atoms with E-state index in [4.69, 9.17) is 5.11 Å². The number of carbonyl (C=O) groups is 10. The molecule has 69 heavy (non-hydrogen) atoms. The lowest BCUT2D eigenvalue weighted by molar-refractivity contribution is -0.145. The SMILES string of the molecule is O=C(O)CC[C@H](NC(=O)NC(CCCCN(Cc1ccc(I)cc1)C(=O)CCCCNC(=O)CCC(C(=O)O)N1CCN(CC(=O)O)CCN(CC(=O)O)CCN(CC(=O)O)CC1)C(=O)O)C(=O)O. The van der Waals surface area contributed by atoms with Gasteiger partial charge in [-0.25, -0.2) is 14.4 Å². The van der Waals surface area contributed by atoms with Crippen molar-refractivity contribution in [2.24, 2.45) is 0 Å². The Morgan fingerprint density at radius 2 is 1.04 bits per heavy atom. The number of carbonyl (C=O) groups excluding carboxylic acids is 3. The van der Waals surface area contributed by atoms with Crippen LogP contribution in [0.15, 0.2) is 24.3 Å². The average Bonchev–Trinajstić information content (AvgIpc) is 3.25. The predicted octanol–water partition coefficient (Wildman–Crippen LogP) is -0.144. The first-order valence-corrected chi connectivity index (χ1v) is 23.5. The van der Waals surface area contributed by atoms with Gasteiger partial charge in [-0.2, -0.15) is 0 Å². The van der Waals surface area contributed by atoms with E-state index in [0.29, 0.717) is 19.3 Å². The van der Waals surface area contributed by atoms with Crippen LogP contribution in [0, 0.1) is 3.57 Å². The highest BCUT2D eigenvalue weighted by atomic mass is 127. The monoisotopic (exact) mass is 1090 g/mol. The number of nitrogens with zero attached hydrogens (tertiary/aromatic N) is 5. The highest BCUT2D eigenvalue weighted by Crippen LogP contribution is 2.15. The molecule has 3 atom stereocenters. The van der Waals surface area contributed by atoms with E-state index in [1.807, 2.05) is 24.3 Å². The molecule has 2 unspecified atom stereocenters. The van der Waals surface area contributed by atoms with Crippen molar-refractivity contribution in [3.63, 3.8) is 0 Å². The van der Waals surface area contributed by atoms with Crippen LogP contribution in [0.3, 0.4) is 0 Å². The van der Waals surface area contributed by atoms with E-state index in [0.717, 1.165) is 9.13 Å². The van der Waals surface area contributed by atoms with E-state index >= 15 is 0 Å². The number of unbranched alkanes of at least 4 members (excludes halogenated alkanes) is 2. The van der Waals surface area contributed by atoms with Crippen LogP contribution in [0.4, 0.5) is 4.79 Å². The van der Waals surface area contributed by atoms with E-state index in [1.54, 1.807) is 24.5 Å². The topological polar surface area (TPSA) is 365 Å². The lowest BCUT2D eigenvalue weighted by Crippen LogP contribution is -2.52. The summed E-state index contributed by atoms with van der Waals surface area (Å²) < 4.78 is 0.985. The number of halogens is 1. The molecule has 4 amide bonds. The van der Waals surface area contributed by atoms with Crippen LogP contribution >= 0.6 is 22.6 Å². The van der Waals surface area contributed by atoms with Crippen molar-refractivity contribution in [1.29, 1.82) is 0 Å². The van der Waals surface area contributed by atoms with E-state index in [1.165, 1.54) is 0 Å². The number of benzene rings is 1. The molecule has 0 bridgehead atoms. The third kappa shape index (κ3) is 26.0. The molecular formula is C43H65IN8O17. The van der Waals surface area contributed by atoms with Gasteiger partial charge in [0.2, 0.25) is 11.8 Å². The minimum atomic E-state index is -1.55. The number of amides is 4. The highest BCUT2D eigenvalue weighted by Gasteiger charge is 2.29. The van der Waals surface area contributed by atoms with Gasteiger partial charge in [-0.15, -0.1) is 0 Å². The summed E-state index contributed by atoms with van der Waals surface area (Å²) in [5.74, 6) is -9.36. The number of carboxylic acids is 7. The fourth-order valence-electron chi connectivity index (χ4n) is 7.41. The lowest BCUT2D eigenvalue weighted by Gasteiger charge is -2.35. The Morgan fingerprint density at radius 3 is 1.51 bits per heavy atom. The lowest BCUT2D eigenvalue weighted by atomic mass is 10.1. The molecule has 25 nitrogen and oxygen atoms in total. The summed E-state index contributed by atoms with van der Waals surface area (Å²) in [5.41, 5.74) is 0.848. The number of carboxylic acid groups (broad SMARTS) is 7. The number of rotatable bonds is 30. The van der Waals surface area contributed by atoms with Crippen LogP contribution < -0.4 is 16.0 Å². The van der Waals surface area contributed by atoms with Gasteiger partial charge in [0.15, 0.2) is 0 Å². The van der Waals surface area contributed by atoms with Crippen molar-refractivity contribution in [2.45, 2.75) is 88.9 Å². The highest BCUT2D eigenvalue weighted by molar-refractivity contribution is 14.1. The Kier molecular flexibility index (Phi) is 27.7. The number of urea groups is 1. The summed E-state index contributed by atoms with van der Waals surface area (Å²) in [5, 5.41) is 73.6. The number of hydrogen-bond acceptors (Lipinski definition) is 14. The summed E-state index contributed by atoms with van der Waals surface area (Å²) in [6, 6.07) is 2.29. The van der Waals surface area contributed by atoms with Crippen molar-refractivity contribution < 1.29 is 83.7 Å². The van der Waals surface area contributed by atoms with Crippen molar-refractivity contribution >= 4 is 82.2 Å². The summed E-state index contributed by atoms with van der Waals surface area (Å²) in [6.07, 6.45) is 0.189. The summed E-state index contributed by atoms with van der Waals surface area (Å²) in [6.45, 7) is 0.549. The van der Waals surface area contributed by atoms with Crippen LogP contribution in [0.5, 0.6) is 0 Å². The molecule has 386 valence electrons. The van der Waals surface area contributed by atoms with Crippen LogP contribution in [0.2, 0.25) is 0 Å². The third-order valence-corrected chi connectivity index (χ3v) is 11.8. The summed E-state index contributed by atoms with van der Waals surface area (Å²) >= 11 is 2.15. The first kappa shape index (κ1) is 59.4. The third-order valence-electron chi connectivity index (χ3n) is 11.1. The quantitative estimate of drug-likeness (QED) is 0.0354. The summed E-state index contributed by atoms with van der Waals surface area (Å²) in [7, 11) is 0. The Hall–Kier alpha value is -5.71. The second-order valence-corrected chi connectivity index (χ2v) is 17.8. The smallest absolute Gasteiger partial charge is 0.326 e. The average molecular weight is 1090 g/mol. The second-order valence-electron chi connectivity index (χ2n) is 16.5. The van der Waals surface area contributed by atoms with Gasteiger partial charge in [0, 0.05) is 94.8 Å². The van der Waals surface area contributed by atoms with E-state index in [2.05, 4.69) is 38.5 Å². The predicted molar refractivity (Wildman–Crippen MR) is 251 cm³/mol. The molecule has 2 rings (SSSR count). The van der Waals surface area contributed by atoms with Gasteiger partial charge < -0.3 is 56.6 Å². The summed E-state index contributed by atoms with van der Waals surface area (Å²) in [4.78, 5) is 128. The van der Waals surface area contributed by atoms with Crippen molar-refractivity contribution in [2.75, 3.05) is 85.1 Å². The van der Waals surface area contributed by atoms with Crippen molar-refractivity contribution in [3.8, 4) is 0 Å². The number of hydrogen-bond donors (Lipinski definition) is 10. The largest absolute Gasteiger partial charge is 0.481 e. The molecule has 0 spiro atoms. The van der Waals surface area contributed by atoms with Crippen molar-refractivity contribution in [3.05, 3.63) is 33.4 Å². The maximum Gasteiger partial charge on any atom is 0.326 e. The zero-order valence-corrected chi connectivity index (χ0v) is 40.5. The van der Waals surface area contributed by atoms with Crippen LogP contribution in [0.1, 0.15) is 69.8 Å². The molecule has 1 aliphatic heterocycles. The molecule has 0 saturated carbocycles. The number of aliphatic carboxylic acids is 7. The first-order chi connectivity index (χ1) is 32.6. The Morgan fingerprint density at radius 1 is 0.551 bits per heavy atom. The van der Waals surface area contributed by atoms with Crippen LogP contribution in [-0.4, -0.2) is 223 Å². The maximum absolute atomic E-state index is 13.5. The molecule has 1 fully saturated rings. The molecule has 1 aromatic carbocycles. The molecule has 26 heteroatoms. The van der Waals surface area contributed by atoms with Gasteiger partial charge in [0.1, 0.15) is 18.1 Å². The number of nitrogens with one attached hydrogen (secondary N) is 3. The van der Waals surface area contributed by atoms with Crippen LogP contribution in [-0.2, 0) is 49.7 Å². The van der Waals surface area contributed by atoms with E-state index in [-0.39, 0.29) is 130 Å². The van der Waals surface area contributed by atoms with Gasteiger partial charge >= 0.3 is 47.8 Å². The molecule has 0 aliphatic carbocycles. The molecule has 1 heterocycles. The molecule has 1 aromatic rings.